The van der Waals surface area contributed by atoms with Crippen LogP contribution >= 0.6 is 22.9 Å². The van der Waals surface area contributed by atoms with Gasteiger partial charge in [-0.25, -0.2) is 0 Å². The van der Waals surface area contributed by atoms with Gasteiger partial charge in [0.2, 0.25) is 0 Å². The fraction of sp³-hybridized carbons (Fsp3) is 0.190. The quantitative estimate of drug-likeness (QED) is 0.585. The number of amides is 1. The van der Waals surface area contributed by atoms with Gasteiger partial charge in [-0.1, -0.05) is 48.9 Å². The smallest absolute Gasteiger partial charge is 0.261 e. The molecular weight excluding hydrogens is 366 g/mol. The van der Waals surface area contributed by atoms with Crippen LogP contribution in [0.25, 0.3) is 0 Å². The minimum Gasteiger partial charge on any atom is -0.489 e. The molecule has 26 heavy (non-hydrogen) atoms. The normalized spacial score (nSPS) is 10.5. The zero-order chi connectivity index (χ0) is 18.4. The van der Waals surface area contributed by atoms with Gasteiger partial charge in [-0.3, -0.25) is 4.79 Å². The van der Waals surface area contributed by atoms with E-state index in [1.807, 2.05) is 47.8 Å². The Balaban J connectivity index is 1.53. The van der Waals surface area contributed by atoms with E-state index in [2.05, 4.69) is 24.4 Å². The van der Waals surface area contributed by atoms with E-state index in [4.69, 9.17) is 16.3 Å². The van der Waals surface area contributed by atoms with E-state index in [0.29, 0.717) is 23.1 Å². The number of benzene rings is 2. The highest BCUT2D eigenvalue weighted by molar-refractivity contribution is 7.12. The predicted molar refractivity (Wildman–Crippen MR) is 107 cm³/mol. The molecule has 0 fully saturated rings. The summed E-state index contributed by atoms with van der Waals surface area (Å²) < 4.78 is 5.79. The predicted octanol–water partition coefficient (Wildman–Crippen LogP) is 5.47. The molecule has 0 saturated carbocycles. The molecule has 3 rings (SSSR count). The van der Waals surface area contributed by atoms with Crippen LogP contribution in [0.4, 0.5) is 0 Å². The van der Waals surface area contributed by atoms with Crippen molar-refractivity contribution in [2.45, 2.75) is 26.5 Å². The number of hydrogen-bond acceptors (Lipinski definition) is 3. The van der Waals surface area contributed by atoms with E-state index in [1.54, 1.807) is 0 Å². The minimum absolute atomic E-state index is 0.103. The SMILES string of the molecule is CCc1ccc(OCc2csc(C(=O)NCc3ccccc3Cl)c2)cc1. The minimum atomic E-state index is -0.103. The maximum absolute atomic E-state index is 12.3. The lowest BCUT2D eigenvalue weighted by Crippen LogP contribution is -2.21. The molecule has 1 N–H and O–H groups in total. The van der Waals surface area contributed by atoms with E-state index >= 15 is 0 Å². The lowest BCUT2D eigenvalue weighted by molar-refractivity contribution is 0.0955. The summed E-state index contributed by atoms with van der Waals surface area (Å²) >= 11 is 7.52. The molecule has 1 heterocycles. The maximum Gasteiger partial charge on any atom is 0.261 e. The van der Waals surface area contributed by atoms with E-state index in [0.717, 1.165) is 23.3 Å². The summed E-state index contributed by atoms with van der Waals surface area (Å²) in [6, 6.07) is 17.4. The van der Waals surface area contributed by atoms with Crippen LogP contribution in [-0.4, -0.2) is 5.91 Å². The van der Waals surface area contributed by atoms with Crippen LogP contribution in [-0.2, 0) is 19.6 Å². The van der Waals surface area contributed by atoms with Gasteiger partial charge < -0.3 is 10.1 Å². The largest absolute Gasteiger partial charge is 0.489 e. The van der Waals surface area contributed by atoms with Crippen molar-refractivity contribution >= 4 is 28.8 Å². The zero-order valence-electron chi connectivity index (χ0n) is 14.5. The fourth-order valence-electron chi connectivity index (χ4n) is 2.46. The molecule has 3 aromatic rings. The van der Waals surface area contributed by atoms with Crippen molar-refractivity contribution in [2.24, 2.45) is 0 Å². The number of aryl methyl sites for hydroxylation is 1. The molecule has 0 saturated heterocycles. The van der Waals surface area contributed by atoms with Gasteiger partial charge in [0.1, 0.15) is 12.4 Å². The number of rotatable bonds is 7. The Morgan fingerprint density at radius 2 is 1.88 bits per heavy atom. The standard InChI is InChI=1S/C21H20ClNO2S/c1-2-15-7-9-18(10-8-15)25-13-16-11-20(26-14-16)21(24)23-12-17-5-3-4-6-19(17)22/h3-11,14H,2,12-13H2,1H3,(H,23,24). The Labute approximate surface area is 162 Å². The molecule has 0 unspecified atom stereocenters. The van der Waals surface area contributed by atoms with Gasteiger partial charge in [0.25, 0.3) is 5.91 Å². The van der Waals surface area contributed by atoms with Crippen molar-refractivity contribution in [3.05, 3.63) is 86.6 Å². The van der Waals surface area contributed by atoms with Crippen LogP contribution in [0.5, 0.6) is 5.75 Å². The van der Waals surface area contributed by atoms with Crippen molar-refractivity contribution in [1.29, 1.82) is 0 Å². The number of halogens is 1. The Kier molecular flexibility index (Phi) is 6.31. The summed E-state index contributed by atoms with van der Waals surface area (Å²) in [4.78, 5) is 13.0. The number of thiophene rings is 1. The highest BCUT2D eigenvalue weighted by Crippen LogP contribution is 2.19. The second-order valence-electron chi connectivity index (χ2n) is 5.88. The third-order valence-electron chi connectivity index (χ3n) is 4.01. The first-order chi connectivity index (χ1) is 12.7. The van der Waals surface area contributed by atoms with Gasteiger partial charge in [0.05, 0.1) is 4.88 Å². The number of nitrogens with one attached hydrogen (secondary N) is 1. The summed E-state index contributed by atoms with van der Waals surface area (Å²) in [6.45, 7) is 2.98. The van der Waals surface area contributed by atoms with Crippen LogP contribution in [0, 0.1) is 0 Å². The summed E-state index contributed by atoms with van der Waals surface area (Å²) in [5.41, 5.74) is 3.17. The summed E-state index contributed by atoms with van der Waals surface area (Å²) in [5, 5.41) is 5.51. The van der Waals surface area contributed by atoms with E-state index in [9.17, 15) is 4.79 Å². The van der Waals surface area contributed by atoms with Crippen LogP contribution in [0.15, 0.2) is 60.0 Å². The molecule has 1 amide bonds. The molecular formula is C21H20ClNO2S. The van der Waals surface area contributed by atoms with Gasteiger partial charge in [0.15, 0.2) is 0 Å². The number of ether oxygens (including phenoxy) is 1. The van der Waals surface area contributed by atoms with Crippen LogP contribution in [0.2, 0.25) is 5.02 Å². The van der Waals surface area contributed by atoms with Gasteiger partial charge in [-0.05, 0) is 47.2 Å². The Bertz CT molecular complexity index is 874. The zero-order valence-corrected chi connectivity index (χ0v) is 16.1. The monoisotopic (exact) mass is 385 g/mol. The second kappa shape index (κ2) is 8.88. The number of carbonyl (C=O) groups excluding carboxylic acids is 1. The van der Waals surface area contributed by atoms with E-state index < -0.39 is 0 Å². The first kappa shape index (κ1) is 18.5. The van der Waals surface area contributed by atoms with Crippen molar-refractivity contribution in [1.82, 2.24) is 5.32 Å². The molecule has 134 valence electrons. The van der Waals surface area contributed by atoms with Gasteiger partial charge >= 0.3 is 0 Å². The molecule has 1 aromatic heterocycles. The fourth-order valence-corrected chi connectivity index (χ4v) is 3.48. The van der Waals surface area contributed by atoms with Crippen LogP contribution in [0.1, 0.15) is 33.3 Å². The third-order valence-corrected chi connectivity index (χ3v) is 5.36. The van der Waals surface area contributed by atoms with Gasteiger partial charge in [-0.15, -0.1) is 11.3 Å². The molecule has 2 aromatic carbocycles. The number of carbonyl (C=O) groups is 1. The lowest BCUT2D eigenvalue weighted by Gasteiger charge is -2.06. The first-order valence-corrected chi connectivity index (χ1v) is 9.72. The van der Waals surface area contributed by atoms with Crippen molar-refractivity contribution < 1.29 is 9.53 Å². The molecule has 0 spiro atoms. The molecule has 0 aliphatic heterocycles. The Hall–Kier alpha value is -2.30. The lowest BCUT2D eigenvalue weighted by atomic mass is 10.2. The molecule has 0 aliphatic carbocycles. The average molecular weight is 386 g/mol. The van der Waals surface area contributed by atoms with Crippen LogP contribution < -0.4 is 10.1 Å². The van der Waals surface area contributed by atoms with Gasteiger partial charge in [0, 0.05) is 17.1 Å². The highest BCUT2D eigenvalue weighted by Gasteiger charge is 2.10. The third kappa shape index (κ3) is 4.87. The topological polar surface area (TPSA) is 38.3 Å². The van der Waals surface area contributed by atoms with E-state index in [1.165, 1.54) is 16.9 Å². The molecule has 5 heteroatoms. The van der Waals surface area contributed by atoms with Crippen molar-refractivity contribution in [2.75, 3.05) is 0 Å². The molecule has 0 aliphatic rings. The summed E-state index contributed by atoms with van der Waals surface area (Å²) in [5.74, 6) is 0.728. The summed E-state index contributed by atoms with van der Waals surface area (Å²) in [6.07, 6.45) is 1.01. The van der Waals surface area contributed by atoms with Crippen LogP contribution in [0.3, 0.4) is 0 Å². The van der Waals surface area contributed by atoms with Crippen molar-refractivity contribution in [3.63, 3.8) is 0 Å². The second-order valence-corrected chi connectivity index (χ2v) is 7.20. The van der Waals surface area contributed by atoms with Gasteiger partial charge in [-0.2, -0.15) is 0 Å². The first-order valence-electron chi connectivity index (χ1n) is 8.46. The molecule has 0 atom stereocenters. The highest BCUT2D eigenvalue weighted by atomic mass is 35.5. The Morgan fingerprint density at radius 1 is 1.12 bits per heavy atom. The molecule has 0 radical (unpaired) electrons. The average Bonchev–Trinajstić information content (AvgIpc) is 3.15. The summed E-state index contributed by atoms with van der Waals surface area (Å²) in [7, 11) is 0. The van der Waals surface area contributed by atoms with E-state index in [-0.39, 0.29) is 5.91 Å². The molecule has 0 bridgehead atoms. The van der Waals surface area contributed by atoms with Crippen molar-refractivity contribution in [3.8, 4) is 5.75 Å². The Morgan fingerprint density at radius 3 is 2.62 bits per heavy atom. The maximum atomic E-state index is 12.3. The number of hydrogen-bond donors (Lipinski definition) is 1. The molecule has 3 nitrogen and oxygen atoms in total.